The second kappa shape index (κ2) is 4.15. The summed E-state index contributed by atoms with van der Waals surface area (Å²) >= 11 is 6.11. The van der Waals surface area contributed by atoms with Gasteiger partial charge >= 0.3 is 0 Å². The highest BCUT2D eigenvalue weighted by Crippen LogP contribution is 2.31. The summed E-state index contributed by atoms with van der Waals surface area (Å²) < 4.78 is 0. The number of hydrogen-bond acceptors (Lipinski definition) is 0. The SMILES string of the molecule is CC(C)c1cc[c]c(Cl)c1C(C)C. The molecule has 0 N–H and O–H groups in total. The predicted octanol–water partition coefficient (Wildman–Crippen LogP) is 4.39. The molecule has 0 amide bonds. The van der Waals surface area contributed by atoms with Crippen LogP contribution in [0.5, 0.6) is 0 Å². The van der Waals surface area contributed by atoms with Crippen LogP contribution in [0.1, 0.15) is 50.7 Å². The van der Waals surface area contributed by atoms with Gasteiger partial charge in [-0.2, -0.15) is 0 Å². The molecule has 0 saturated carbocycles. The zero-order chi connectivity index (χ0) is 10.0. The zero-order valence-electron chi connectivity index (χ0n) is 8.69. The van der Waals surface area contributed by atoms with Crippen LogP contribution in [0.2, 0.25) is 5.02 Å². The lowest BCUT2D eigenvalue weighted by molar-refractivity contribution is 0.790. The lowest BCUT2D eigenvalue weighted by Gasteiger charge is -2.16. The van der Waals surface area contributed by atoms with Gasteiger partial charge in [0.15, 0.2) is 0 Å². The molecule has 13 heavy (non-hydrogen) atoms. The van der Waals surface area contributed by atoms with Gasteiger partial charge in [-0.15, -0.1) is 0 Å². The molecule has 0 aromatic heterocycles. The first-order chi connectivity index (χ1) is 6.04. The monoisotopic (exact) mass is 195 g/mol. The molecule has 0 aliphatic rings. The summed E-state index contributed by atoms with van der Waals surface area (Å²) in [4.78, 5) is 0. The molecule has 1 aromatic carbocycles. The number of halogens is 1. The van der Waals surface area contributed by atoms with Crippen molar-refractivity contribution in [1.82, 2.24) is 0 Å². The van der Waals surface area contributed by atoms with Crippen LogP contribution in [0.3, 0.4) is 0 Å². The van der Waals surface area contributed by atoms with Gasteiger partial charge in [-0.05, 0) is 23.0 Å². The minimum Gasteiger partial charge on any atom is -0.0833 e. The van der Waals surface area contributed by atoms with E-state index in [4.69, 9.17) is 11.6 Å². The van der Waals surface area contributed by atoms with E-state index >= 15 is 0 Å². The maximum absolute atomic E-state index is 6.11. The van der Waals surface area contributed by atoms with E-state index in [2.05, 4.69) is 39.8 Å². The molecule has 0 unspecified atom stereocenters. The van der Waals surface area contributed by atoms with Crippen molar-refractivity contribution in [2.45, 2.75) is 39.5 Å². The van der Waals surface area contributed by atoms with E-state index in [9.17, 15) is 0 Å². The van der Waals surface area contributed by atoms with Crippen molar-refractivity contribution in [3.8, 4) is 0 Å². The van der Waals surface area contributed by atoms with Crippen LogP contribution in [-0.4, -0.2) is 0 Å². The van der Waals surface area contributed by atoms with Gasteiger partial charge in [-0.3, -0.25) is 0 Å². The predicted molar refractivity (Wildman–Crippen MR) is 58.5 cm³/mol. The van der Waals surface area contributed by atoms with Crippen molar-refractivity contribution < 1.29 is 0 Å². The van der Waals surface area contributed by atoms with E-state index in [-0.39, 0.29) is 0 Å². The molecule has 0 spiro atoms. The van der Waals surface area contributed by atoms with Crippen LogP contribution < -0.4 is 0 Å². The largest absolute Gasteiger partial charge is 0.0833 e. The van der Waals surface area contributed by atoms with Gasteiger partial charge < -0.3 is 0 Å². The first-order valence-corrected chi connectivity index (χ1v) is 5.11. The van der Waals surface area contributed by atoms with Crippen molar-refractivity contribution in [3.63, 3.8) is 0 Å². The molecule has 0 atom stereocenters. The van der Waals surface area contributed by atoms with Crippen molar-refractivity contribution in [3.05, 3.63) is 34.3 Å². The van der Waals surface area contributed by atoms with Gasteiger partial charge in [-0.25, -0.2) is 0 Å². The molecule has 0 bridgehead atoms. The van der Waals surface area contributed by atoms with Gasteiger partial charge in [-0.1, -0.05) is 51.4 Å². The van der Waals surface area contributed by atoms with Crippen molar-refractivity contribution in [1.29, 1.82) is 0 Å². The summed E-state index contributed by atoms with van der Waals surface area (Å²) in [5, 5.41) is 0.779. The summed E-state index contributed by atoms with van der Waals surface area (Å²) in [6.07, 6.45) is 0. The number of rotatable bonds is 2. The molecule has 1 radical (unpaired) electrons. The van der Waals surface area contributed by atoms with E-state index in [1.165, 1.54) is 11.1 Å². The van der Waals surface area contributed by atoms with Gasteiger partial charge in [0.1, 0.15) is 0 Å². The second-order valence-corrected chi connectivity index (χ2v) is 4.35. The Bertz CT molecular complexity index is 287. The summed E-state index contributed by atoms with van der Waals surface area (Å²) in [5.74, 6) is 1.01. The summed E-state index contributed by atoms with van der Waals surface area (Å²) in [6, 6.07) is 7.07. The fraction of sp³-hybridized carbons (Fsp3) is 0.500. The third-order valence-corrected chi connectivity index (χ3v) is 2.53. The smallest absolute Gasteiger partial charge is 0.0522 e. The maximum Gasteiger partial charge on any atom is 0.0522 e. The zero-order valence-corrected chi connectivity index (χ0v) is 9.44. The number of benzene rings is 1. The maximum atomic E-state index is 6.11. The standard InChI is InChI=1S/C12H16Cl/c1-8(2)10-6-5-7-11(13)12(10)9(3)4/h5-6,8-9H,1-4H3. The third kappa shape index (κ3) is 2.25. The lowest BCUT2D eigenvalue weighted by atomic mass is 9.91. The van der Waals surface area contributed by atoms with Crippen LogP contribution in [0.25, 0.3) is 0 Å². The highest BCUT2D eigenvalue weighted by Gasteiger charge is 2.12. The molecule has 1 aromatic rings. The van der Waals surface area contributed by atoms with E-state index in [0.717, 1.165) is 5.02 Å². The van der Waals surface area contributed by atoms with E-state index < -0.39 is 0 Å². The van der Waals surface area contributed by atoms with Crippen molar-refractivity contribution in [2.24, 2.45) is 0 Å². The van der Waals surface area contributed by atoms with Crippen LogP contribution in [0.15, 0.2) is 12.1 Å². The topological polar surface area (TPSA) is 0 Å². The van der Waals surface area contributed by atoms with Gasteiger partial charge in [0, 0.05) is 6.07 Å². The van der Waals surface area contributed by atoms with Gasteiger partial charge in [0.25, 0.3) is 0 Å². The Balaban J connectivity index is 3.26. The Hall–Kier alpha value is -0.490. The Labute approximate surface area is 85.9 Å². The second-order valence-electron chi connectivity index (χ2n) is 3.97. The lowest BCUT2D eigenvalue weighted by Crippen LogP contribution is -1.99. The van der Waals surface area contributed by atoms with Gasteiger partial charge in [0.2, 0.25) is 0 Å². The molecule has 0 aliphatic heterocycles. The molecule has 1 rings (SSSR count). The summed E-state index contributed by atoms with van der Waals surface area (Å²) in [5.41, 5.74) is 2.60. The van der Waals surface area contributed by atoms with Crippen molar-refractivity contribution in [2.75, 3.05) is 0 Å². The summed E-state index contributed by atoms with van der Waals surface area (Å²) in [7, 11) is 0. The molecular weight excluding hydrogens is 180 g/mol. The highest BCUT2D eigenvalue weighted by molar-refractivity contribution is 6.31. The van der Waals surface area contributed by atoms with Crippen LogP contribution >= 0.6 is 11.6 Å². The fourth-order valence-corrected chi connectivity index (χ4v) is 1.98. The Morgan fingerprint density at radius 1 is 1.15 bits per heavy atom. The van der Waals surface area contributed by atoms with Crippen LogP contribution in [-0.2, 0) is 0 Å². The van der Waals surface area contributed by atoms with Crippen LogP contribution in [0.4, 0.5) is 0 Å². The van der Waals surface area contributed by atoms with Gasteiger partial charge in [0.05, 0.1) is 5.02 Å². The molecule has 71 valence electrons. The summed E-state index contributed by atoms with van der Waals surface area (Å²) in [6.45, 7) is 8.72. The molecule has 0 heterocycles. The molecule has 0 aliphatic carbocycles. The van der Waals surface area contributed by atoms with E-state index in [1.54, 1.807) is 0 Å². The quantitative estimate of drug-likeness (QED) is 0.657. The van der Waals surface area contributed by atoms with Crippen molar-refractivity contribution >= 4 is 11.6 Å². The Kier molecular flexibility index (Phi) is 3.38. The first kappa shape index (κ1) is 10.6. The molecule has 0 nitrogen and oxygen atoms in total. The molecule has 0 fully saturated rings. The van der Waals surface area contributed by atoms with E-state index in [1.807, 2.05) is 6.07 Å². The number of hydrogen-bond donors (Lipinski definition) is 0. The Morgan fingerprint density at radius 2 is 1.77 bits per heavy atom. The minimum atomic E-state index is 0.474. The minimum absolute atomic E-state index is 0.474. The molecule has 0 saturated heterocycles. The average molecular weight is 196 g/mol. The third-order valence-electron chi connectivity index (χ3n) is 2.22. The highest BCUT2D eigenvalue weighted by atomic mass is 35.5. The molecular formula is C12H16Cl. The normalized spacial score (nSPS) is 11.3. The molecule has 1 heteroatoms. The average Bonchev–Trinajstić information content (AvgIpc) is 2.02. The van der Waals surface area contributed by atoms with E-state index in [0.29, 0.717) is 11.8 Å². The Morgan fingerprint density at radius 3 is 2.15 bits per heavy atom. The first-order valence-electron chi connectivity index (χ1n) is 4.74. The van der Waals surface area contributed by atoms with Crippen LogP contribution in [0, 0.1) is 6.07 Å². The fourth-order valence-electron chi connectivity index (χ4n) is 1.59.